The van der Waals surface area contributed by atoms with Gasteiger partial charge >= 0.3 is 5.97 Å². The van der Waals surface area contributed by atoms with E-state index in [-0.39, 0.29) is 18.5 Å². The fraction of sp³-hybridized carbons (Fsp3) is 0.951. The van der Waals surface area contributed by atoms with Gasteiger partial charge in [0.15, 0.2) is 6.29 Å². The molecule has 7 unspecified atom stereocenters. The second kappa shape index (κ2) is 71.7. The van der Waals surface area contributed by atoms with Crippen LogP contribution in [0.15, 0.2) is 12.2 Å². The molecule has 1 saturated heterocycles. The Morgan fingerprint density at radius 1 is 0.387 bits per heavy atom. The van der Waals surface area contributed by atoms with Crippen LogP contribution in [0.5, 0.6) is 0 Å². The largest absolute Gasteiger partial charge is 0.466 e. The van der Waals surface area contributed by atoms with Crippen molar-refractivity contribution in [3.63, 3.8) is 0 Å². The molecule has 1 aliphatic rings. The molecule has 1 aliphatic heterocycles. The molecule has 1 rings (SSSR count). The normalized spacial score (nSPS) is 17.4. The van der Waals surface area contributed by atoms with E-state index in [0.717, 1.165) is 51.4 Å². The molecule has 6 N–H and O–H groups in total. The number of carbonyl (C=O) groups is 2. The van der Waals surface area contributed by atoms with Gasteiger partial charge in [0.1, 0.15) is 24.4 Å². The number of aliphatic hydroxyl groups is 5. The van der Waals surface area contributed by atoms with Crippen LogP contribution in [0, 0.1) is 0 Å². The van der Waals surface area contributed by atoms with Crippen molar-refractivity contribution in [2.24, 2.45) is 0 Å². The molecule has 0 aromatic carbocycles. The highest BCUT2D eigenvalue weighted by molar-refractivity contribution is 5.76. The first-order valence-corrected chi connectivity index (χ1v) is 41.5. The predicted octanol–water partition coefficient (Wildman–Crippen LogP) is 22.5. The Bertz CT molecular complexity index is 1550. The number of unbranched alkanes of at least 4 members (excludes halogenated alkanes) is 61. The van der Waals surface area contributed by atoms with Gasteiger partial charge in [-0.3, -0.25) is 9.59 Å². The highest BCUT2D eigenvalue weighted by Crippen LogP contribution is 2.24. The molecule has 0 aromatic heterocycles. The van der Waals surface area contributed by atoms with Crippen LogP contribution in [0.1, 0.15) is 438 Å². The van der Waals surface area contributed by atoms with E-state index in [1.54, 1.807) is 6.08 Å². The van der Waals surface area contributed by atoms with E-state index in [1.165, 1.54) is 360 Å². The number of ether oxygens (including phenoxy) is 3. The number of hydrogen-bond acceptors (Lipinski definition) is 10. The molecule has 7 atom stereocenters. The standard InChI is InChI=1S/C82H159NO10/c1-3-5-7-9-11-13-15-16-42-45-49-52-56-60-64-68-75(85)74(73-92-82-81(90)80(89)79(88)76(72-84)93-82)83-77(86)69-65-61-57-53-50-46-43-40-38-36-34-32-30-28-26-24-22-20-18-17-19-21-23-25-27-29-31-33-35-37-39-41-44-47-51-55-59-63-67-71-91-78(87)70-66-62-58-54-48-14-12-10-8-6-4-2/h64,68,74-76,79-82,84-85,88-90H,3-63,65-67,69-73H2,1-2H3,(H,83,86)/b68-64+. The van der Waals surface area contributed by atoms with Crippen molar-refractivity contribution in [1.29, 1.82) is 0 Å². The van der Waals surface area contributed by atoms with Crippen molar-refractivity contribution in [2.45, 2.75) is 480 Å². The van der Waals surface area contributed by atoms with Crippen LogP contribution in [0.3, 0.4) is 0 Å². The molecule has 11 heteroatoms. The lowest BCUT2D eigenvalue weighted by atomic mass is 9.99. The number of carbonyl (C=O) groups excluding carboxylic acids is 2. The van der Waals surface area contributed by atoms with Gasteiger partial charge in [0.25, 0.3) is 0 Å². The fourth-order valence-corrected chi connectivity index (χ4v) is 13.7. The van der Waals surface area contributed by atoms with E-state index in [4.69, 9.17) is 14.2 Å². The van der Waals surface area contributed by atoms with Crippen molar-refractivity contribution in [2.75, 3.05) is 19.8 Å². The van der Waals surface area contributed by atoms with E-state index >= 15 is 0 Å². The van der Waals surface area contributed by atoms with Crippen molar-refractivity contribution in [3.8, 4) is 0 Å². The van der Waals surface area contributed by atoms with Crippen molar-refractivity contribution in [3.05, 3.63) is 12.2 Å². The molecular formula is C82H159NO10. The molecule has 552 valence electrons. The number of rotatable bonds is 75. The molecule has 1 fully saturated rings. The van der Waals surface area contributed by atoms with Gasteiger partial charge in [-0.2, -0.15) is 0 Å². The van der Waals surface area contributed by atoms with Gasteiger partial charge in [0, 0.05) is 12.8 Å². The third kappa shape index (κ3) is 60.1. The molecule has 0 bridgehead atoms. The maximum atomic E-state index is 13.1. The van der Waals surface area contributed by atoms with Gasteiger partial charge in [-0.1, -0.05) is 405 Å². The Balaban J connectivity index is 1.89. The zero-order valence-corrected chi connectivity index (χ0v) is 61.8. The van der Waals surface area contributed by atoms with Crippen molar-refractivity contribution < 1.29 is 49.3 Å². The highest BCUT2D eigenvalue weighted by Gasteiger charge is 2.44. The molecule has 0 aromatic rings. The van der Waals surface area contributed by atoms with Gasteiger partial charge in [-0.05, 0) is 32.1 Å². The summed E-state index contributed by atoms with van der Waals surface area (Å²) in [6, 6.07) is -0.805. The van der Waals surface area contributed by atoms with E-state index in [2.05, 4.69) is 19.2 Å². The number of amides is 1. The molecule has 0 aliphatic carbocycles. The second-order valence-electron chi connectivity index (χ2n) is 29.2. The van der Waals surface area contributed by atoms with Gasteiger partial charge in [-0.25, -0.2) is 0 Å². The first kappa shape index (κ1) is 89.4. The Hall–Kier alpha value is -1.60. The summed E-state index contributed by atoms with van der Waals surface area (Å²) in [6.07, 6.45) is 81.1. The monoisotopic (exact) mass is 1320 g/mol. The van der Waals surface area contributed by atoms with Crippen LogP contribution >= 0.6 is 0 Å². The molecule has 93 heavy (non-hydrogen) atoms. The summed E-state index contributed by atoms with van der Waals surface area (Å²) in [5.41, 5.74) is 0. The fourth-order valence-electron chi connectivity index (χ4n) is 13.7. The van der Waals surface area contributed by atoms with Crippen molar-refractivity contribution >= 4 is 11.9 Å². The number of allylic oxidation sites excluding steroid dienone is 1. The van der Waals surface area contributed by atoms with E-state index in [0.29, 0.717) is 19.4 Å². The Kier molecular flexibility index (Phi) is 68.9. The molecule has 11 nitrogen and oxygen atoms in total. The third-order valence-electron chi connectivity index (χ3n) is 20.2. The summed E-state index contributed by atoms with van der Waals surface area (Å²) < 4.78 is 16.8. The SMILES string of the molecule is CCCCCCCCCCCCCCC/C=C/C(O)C(COC1OC(CO)C(O)C(O)C1O)NC(=O)CCCCCCCCCCCCCCCCCCCCCCCCCCCCCCCCCCCCCCCCCOC(=O)CCCCCCCCCCCCC. The van der Waals surface area contributed by atoms with Crippen LogP contribution in [0.2, 0.25) is 0 Å². The Morgan fingerprint density at radius 2 is 0.677 bits per heavy atom. The molecule has 0 spiro atoms. The van der Waals surface area contributed by atoms with Gasteiger partial charge in [0.2, 0.25) is 5.91 Å². The van der Waals surface area contributed by atoms with Crippen LogP contribution < -0.4 is 5.32 Å². The van der Waals surface area contributed by atoms with Gasteiger partial charge < -0.3 is 45.1 Å². The summed E-state index contributed by atoms with van der Waals surface area (Å²) in [5, 5.41) is 54.7. The average molecular weight is 1320 g/mol. The number of hydrogen-bond donors (Lipinski definition) is 6. The first-order chi connectivity index (χ1) is 45.7. The summed E-state index contributed by atoms with van der Waals surface area (Å²) in [5.74, 6) is -0.152. The van der Waals surface area contributed by atoms with Gasteiger partial charge in [-0.15, -0.1) is 0 Å². The summed E-state index contributed by atoms with van der Waals surface area (Å²) >= 11 is 0. The Morgan fingerprint density at radius 3 is 1.00 bits per heavy atom. The molecule has 1 amide bonds. The van der Waals surface area contributed by atoms with Gasteiger partial charge in [0.05, 0.1) is 32.0 Å². The summed E-state index contributed by atoms with van der Waals surface area (Å²) in [7, 11) is 0. The molecule has 1 heterocycles. The highest BCUT2D eigenvalue weighted by atomic mass is 16.7. The summed E-state index contributed by atoms with van der Waals surface area (Å²) in [6.45, 7) is 4.41. The lowest BCUT2D eigenvalue weighted by Crippen LogP contribution is -2.60. The van der Waals surface area contributed by atoms with E-state index < -0.39 is 49.5 Å². The second-order valence-corrected chi connectivity index (χ2v) is 29.2. The average Bonchev–Trinajstić information content (AvgIpc) is 1.11. The topological polar surface area (TPSA) is 175 Å². The van der Waals surface area contributed by atoms with Crippen LogP contribution in [0.25, 0.3) is 0 Å². The molecular weight excluding hydrogens is 1160 g/mol. The van der Waals surface area contributed by atoms with E-state index in [9.17, 15) is 35.1 Å². The maximum Gasteiger partial charge on any atom is 0.305 e. The minimum Gasteiger partial charge on any atom is -0.466 e. The van der Waals surface area contributed by atoms with Crippen LogP contribution in [0.4, 0.5) is 0 Å². The zero-order valence-electron chi connectivity index (χ0n) is 61.8. The number of nitrogens with one attached hydrogen (secondary N) is 1. The minimum atomic E-state index is -1.57. The third-order valence-corrected chi connectivity index (χ3v) is 20.2. The Labute approximate surface area is 576 Å². The lowest BCUT2D eigenvalue weighted by Gasteiger charge is -2.40. The minimum absolute atomic E-state index is 0.0191. The van der Waals surface area contributed by atoms with Crippen molar-refractivity contribution in [1.82, 2.24) is 5.32 Å². The smallest absolute Gasteiger partial charge is 0.305 e. The first-order valence-electron chi connectivity index (χ1n) is 41.5. The lowest BCUT2D eigenvalue weighted by molar-refractivity contribution is -0.302. The van der Waals surface area contributed by atoms with Crippen LogP contribution in [-0.2, 0) is 23.8 Å². The molecule has 0 radical (unpaired) electrons. The van der Waals surface area contributed by atoms with Crippen LogP contribution in [-0.4, -0.2) is 100 Å². The predicted molar refractivity (Wildman–Crippen MR) is 394 cm³/mol. The summed E-state index contributed by atoms with van der Waals surface area (Å²) in [4.78, 5) is 25.1. The van der Waals surface area contributed by atoms with E-state index in [1.807, 2.05) is 6.08 Å². The number of esters is 1. The number of aliphatic hydroxyl groups excluding tert-OH is 5. The molecule has 0 saturated carbocycles. The maximum absolute atomic E-state index is 13.1. The quantitative estimate of drug-likeness (QED) is 0.0195. The zero-order chi connectivity index (χ0) is 67.2.